The molecule has 1 aliphatic rings. The lowest BCUT2D eigenvalue weighted by Gasteiger charge is -2.53. The second-order valence-corrected chi connectivity index (χ2v) is 8.24. The highest BCUT2D eigenvalue weighted by Crippen LogP contribution is 2.48. The molecule has 5 heteroatoms. The highest BCUT2D eigenvalue weighted by molar-refractivity contribution is 5.78. The van der Waals surface area contributed by atoms with E-state index in [0.717, 1.165) is 18.8 Å². The summed E-state index contributed by atoms with van der Waals surface area (Å²) < 4.78 is 2.03. The molecule has 2 unspecified atom stereocenters. The molecule has 0 bridgehead atoms. The Balaban J connectivity index is 1.69. The second kappa shape index (κ2) is 7.23. The van der Waals surface area contributed by atoms with Crippen molar-refractivity contribution in [3.8, 4) is 0 Å². The molecule has 0 spiro atoms. The van der Waals surface area contributed by atoms with Crippen LogP contribution in [0.15, 0.2) is 42.7 Å². The first-order valence-corrected chi connectivity index (χ1v) is 9.29. The van der Waals surface area contributed by atoms with E-state index in [4.69, 9.17) is 0 Å². The number of nitrogens with zero attached hydrogens (tertiary/aromatic N) is 4. The maximum atomic E-state index is 13.0. The van der Waals surface area contributed by atoms with Crippen molar-refractivity contribution in [2.45, 2.75) is 38.8 Å². The topological polar surface area (TPSA) is 41.4 Å². The van der Waals surface area contributed by atoms with Crippen molar-refractivity contribution >= 4 is 5.91 Å². The zero-order chi connectivity index (χ0) is 18.9. The van der Waals surface area contributed by atoms with Gasteiger partial charge < -0.3 is 14.4 Å². The van der Waals surface area contributed by atoms with E-state index in [1.165, 1.54) is 5.56 Å². The van der Waals surface area contributed by atoms with Crippen molar-refractivity contribution in [1.29, 1.82) is 0 Å². The van der Waals surface area contributed by atoms with Crippen molar-refractivity contribution in [3.05, 3.63) is 54.1 Å². The third-order valence-electron chi connectivity index (χ3n) is 5.49. The molecule has 5 nitrogen and oxygen atoms in total. The maximum Gasteiger partial charge on any atom is 0.223 e. The first-order chi connectivity index (χ1) is 12.3. The number of amides is 1. The lowest BCUT2D eigenvalue weighted by atomic mass is 9.74. The van der Waals surface area contributed by atoms with Crippen molar-refractivity contribution in [3.63, 3.8) is 0 Å². The summed E-state index contributed by atoms with van der Waals surface area (Å²) in [7, 11) is 6.15. The molecule has 2 heterocycles. The fraction of sp³-hybridized carbons (Fsp3) is 0.524. The number of carbonyl (C=O) groups excluding carboxylic acids is 1. The van der Waals surface area contributed by atoms with Gasteiger partial charge in [-0.25, -0.2) is 4.98 Å². The van der Waals surface area contributed by atoms with Crippen LogP contribution in [0.4, 0.5) is 0 Å². The minimum Gasteiger partial charge on any atom is -0.336 e. The smallest absolute Gasteiger partial charge is 0.223 e. The summed E-state index contributed by atoms with van der Waals surface area (Å²) in [4.78, 5) is 21.7. The average Bonchev–Trinajstić information content (AvgIpc) is 2.99. The molecule has 1 aromatic heterocycles. The molecule has 26 heavy (non-hydrogen) atoms. The fourth-order valence-electron chi connectivity index (χ4n) is 4.09. The van der Waals surface area contributed by atoms with E-state index in [1.54, 1.807) is 0 Å². The van der Waals surface area contributed by atoms with Gasteiger partial charge in [0.2, 0.25) is 5.91 Å². The van der Waals surface area contributed by atoms with Crippen molar-refractivity contribution < 1.29 is 4.79 Å². The molecule has 0 radical (unpaired) electrons. The standard InChI is InChI=1S/C21H30N4O/c1-21(2)15-25(19(21)20-22-13-14-24(20)5)18(26)12-11-17(23(3)4)16-9-7-6-8-10-16/h6-10,13-14,17,19H,11-12,15H2,1-5H3. The number of hydrogen-bond acceptors (Lipinski definition) is 3. The molecule has 1 aliphatic heterocycles. The van der Waals surface area contributed by atoms with E-state index < -0.39 is 0 Å². The van der Waals surface area contributed by atoms with Gasteiger partial charge in [0.1, 0.15) is 5.82 Å². The van der Waals surface area contributed by atoms with Crippen LogP contribution in [-0.2, 0) is 11.8 Å². The van der Waals surface area contributed by atoms with Crippen LogP contribution in [0.3, 0.4) is 0 Å². The Kier molecular flexibility index (Phi) is 5.19. The van der Waals surface area contributed by atoms with Crippen LogP contribution in [0.2, 0.25) is 0 Å². The first kappa shape index (κ1) is 18.6. The van der Waals surface area contributed by atoms with Gasteiger partial charge in [0.15, 0.2) is 0 Å². The number of hydrogen-bond donors (Lipinski definition) is 0. The summed E-state index contributed by atoms with van der Waals surface area (Å²) >= 11 is 0. The Bertz CT molecular complexity index is 750. The SMILES string of the molecule is CN(C)C(CCC(=O)N1CC(C)(C)C1c1nccn1C)c1ccccc1. The van der Waals surface area contributed by atoms with Crippen LogP contribution in [0.5, 0.6) is 0 Å². The molecule has 1 amide bonds. The zero-order valence-electron chi connectivity index (χ0n) is 16.5. The van der Waals surface area contributed by atoms with Gasteiger partial charge in [-0.05, 0) is 26.1 Å². The lowest BCUT2D eigenvalue weighted by molar-refractivity contribution is -0.153. The third kappa shape index (κ3) is 3.54. The Morgan fingerprint density at radius 3 is 2.54 bits per heavy atom. The molecule has 2 aromatic rings. The van der Waals surface area contributed by atoms with Crippen molar-refractivity contribution in [2.75, 3.05) is 20.6 Å². The number of carbonyl (C=O) groups is 1. The van der Waals surface area contributed by atoms with Crippen LogP contribution >= 0.6 is 0 Å². The molecule has 0 aliphatic carbocycles. The summed E-state index contributed by atoms with van der Waals surface area (Å²) in [5.41, 5.74) is 1.32. The van der Waals surface area contributed by atoms with Crippen LogP contribution in [0.25, 0.3) is 0 Å². The predicted octanol–water partition coefficient (Wildman–Crippen LogP) is 3.41. The maximum absolute atomic E-state index is 13.0. The highest BCUT2D eigenvalue weighted by atomic mass is 16.2. The van der Waals surface area contributed by atoms with Gasteiger partial charge in [-0.3, -0.25) is 4.79 Å². The quantitative estimate of drug-likeness (QED) is 0.798. The Hall–Kier alpha value is -2.14. The van der Waals surface area contributed by atoms with E-state index in [9.17, 15) is 4.79 Å². The monoisotopic (exact) mass is 354 g/mol. The van der Waals surface area contributed by atoms with Gasteiger partial charge in [0.25, 0.3) is 0 Å². The molecular weight excluding hydrogens is 324 g/mol. The minimum absolute atomic E-state index is 0.0598. The second-order valence-electron chi connectivity index (χ2n) is 8.24. The van der Waals surface area contributed by atoms with E-state index in [2.05, 4.69) is 62.1 Å². The molecule has 2 atom stereocenters. The summed E-state index contributed by atoms with van der Waals surface area (Å²) in [6, 6.07) is 10.7. The largest absolute Gasteiger partial charge is 0.336 e. The number of imidazole rings is 1. The third-order valence-corrected chi connectivity index (χ3v) is 5.49. The normalized spacial score (nSPS) is 20.1. The van der Waals surface area contributed by atoms with E-state index >= 15 is 0 Å². The number of likely N-dealkylation sites (tertiary alicyclic amines) is 1. The van der Waals surface area contributed by atoms with Gasteiger partial charge in [-0.1, -0.05) is 44.2 Å². The van der Waals surface area contributed by atoms with Crippen molar-refractivity contribution in [1.82, 2.24) is 19.4 Å². The minimum atomic E-state index is 0.0598. The molecule has 3 rings (SSSR count). The van der Waals surface area contributed by atoms with Gasteiger partial charge >= 0.3 is 0 Å². The molecular formula is C21H30N4O. The zero-order valence-corrected chi connectivity index (χ0v) is 16.5. The molecule has 1 saturated heterocycles. The van der Waals surface area contributed by atoms with Gasteiger partial charge in [-0.15, -0.1) is 0 Å². The van der Waals surface area contributed by atoms with Crippen LogP contribution in [-0.4, -0.2) is 45.9 Å². The summed E-state index contributed by atoms with van der Waals surface area (Å²) in [6.45, 7) is 5.22. The summed E-state index contributed by atoms with van der Waals surface area (Å²) in [5, 5.41) is 0. The highest BCUT2D eigenvalue weighted by Gasteiger charge is 2.50. The molecule has 140 valence electrons. The average molecular weight is 354 g/mol. The summed E-state index contributed by atoms with van der Waals surface area (Å²) in [6.07, 6.45) is 5.13. The number of rotatable bonds is 6. The Labute approximate surface area is 156 Å². The van der Waals surface area contributed by atoms with Gasteiger partial charge in [0.05, 0.1) is 6.04 Å². The fourth-order valence-corrected chi connectivity index (χ4v) is 4.09. The van der Waals surface area contributed by atoms with E-state index in [-0.39, 0.29) is 23.4 Å². The first-order valence-electron chi connectivity index (χ1n) is 9.29. The molecule has 0 N–H and O–H groups in total. The lowest BCUT2D eigenvalue weighted by Crippen LogP contribution is -2.58. The number of aromatic nitrogens is 2. The van der Waals surface area contributed by atoms with Crippen molar-refractivity contribution in [2.24, 2.45) is 12.5 Å². The van der Waals surface area contributed by atoms with Crippen LogP contribution in [0, 0.1) is 5.41 Å². The number of benzene rings is 1. The predicted molar refractivity (Wildman–Crippen MR) is 104 cm³/mol. The van der Waals surface area contributed by atoms with Crippen LogP contribution < -0.4 is 0 Å². The van der Waals surface area contributed by atoms with Crippen LogP contribution in [0.1, 0.15) is 50.2 Å². The molecule has 0 saturated carbocycles. The number of aryl methyl sites for hydroxylation is 1. The summed E-state index contributed by atoms with van der Waals surface area (Å²) in [5.74, 6) is 1.20. The van der Waals surface area contributed by atoms with E-state index in [0.29, 0.717) is 6.42 Å². The molecule has 1 aromatic carbocycles. The Morgan fingerprint density at radius 2 is 2.00 bits per heavy atom. The van der Waals surface area contributed by atoms with Gasteiger partial charge in [-0.2, -0.15) is 0 Å². The van der Waals surface area contributed by atoms with Gasteiger partial charge in [0, 0.05) is 43.9 Å². The Morgan fingerprint density at radius 1 is 1.31 bits per heavy atom. The molecule has 1 fully saturated rings. The van der Waals surface area contributed by atoms with E-state index in [1.807, 2.05) is 35.0 Å².